The first-order valence-corrected chi connectivity index (χ1v) is 6.57. The van der Waals surface area contributed by atoms with Crippen molar-refractivity contribution in [3.63, 3.8) is 0 Å². The highest BCUT2D eigenvalue weighted by atomic mass is 16.7. The van der Waals surface area contributed by atoms with Crippen LogP contribution < -0.4 is 4.74 Å². The number of hydrogen-bond donors (Lipinski definition) is 0. The zero-order valence-electron chi connectivity index (χ0n) is 11.8. The van der Waals surface area contributed by atoms with Crippen molar-refractivity contribution >= 4 is 5.97 Å². The topological polar surface area (TPSA) is 44.8 Å². The number of ether oxygens (including phenoxy) is 3. The van der Waals surface area contributed by atoms with Crippen LogP contribution in [-0.4, -0.2) is 26.0 Å². The van der Waals surface area contributed by atoms with Crippen molar-refractivity contribution < 1.29 is 19.0 Å². The molecule has 0 radical (unpaired) electrons. The van der Waals surface area contributed by atoms with Crippen LogP contribution >= 0.6 is 0 Å². The van der Waals surface area contributed by atoms with E-state index in [1.807, 2.05) is 45.0 Å². The van der Waals surface area contributed by atoms with Crippen LogP contribution in [0, 0.1) is 12.8 Å². The second kappa shape index (κ2) is 8.53. The normalized spacial score (nSPS) is 11.9. The van der Waals surface area contributed by atoms with E-state index in [9.17, 15) is 4.79 Å². The molecule has 0 spiro atoms. The van der Waals surface area contributed by atoms with E-state index in [-0.39, 0.29) is 25.3 Å². The molecule has 1 aromatic rings. The van der Waals surface area contributed by atoms with Crippen molar-refractivity contribution in [2.24, 2.45) is 5.92 Å². The highest BCUT2D eigenvalue weighted by Gasteiger charge is 2.10. The summed E-state index contributed by atoms with van der Waals surface area (Å²) in [5, 5.41) is 0. The summed E-state index contributed by atoms with van der Waals surface area (Å²) in [4.78, 5) is 11.4. The Hall–Kier alpha value is -1.55. The summed E-state index contributed by atoms with van der Waals surface area (Å²) in [6, 6.07) is 7.73. The summed E-state index contributed by atoms with van der Waals surface area (Å²) in [6.07, 6.45) is 0.788. The molecule has 0 bridgehead atoms. The Balaban J connectivity index is 2.05. The lowest BCUT2D eigenvalue weighted by molar-refractivity contribution is -0.150. The van der Waals surface area contributed by atoms with Crippen LogP contribution in [0.3, 0.4) is 0 Å². The molecule has 19 heavy (non-hydrogen) atoms. The van der Waals surface area contributed by atoms with E-state index in [0.29, 0.717) is 6.61 Å². The zero-order chi connectivity index (χ0) is 14.1. The van der Waals surface area contributed by atoms with Crippen LogP contribution in [0.5, 0.6) is 5.75 Å². The van der Waals surface area contributed by atoms with Gasteiger partial charge in [0, 0.05) is 0 Å². The summed E-state index contributed by atoms with van der Waals surface area (Å²) in [7, 11) is 0. The van der Waals surface area contributed by atoms with Crippen molar-refractivity contribution in [3.05, 3.63) is 29.8 Å². The molecule has 0 aromatic heterocycles. The molecule has 1 rings (SSSR count). The molecular formula is C15H22O4. The van der Waals surface area contributed by atoms with Gasteiger partial charge in [-0.1, -0.05) is 31.5 Å². The van der Waals surface area contributed by atoms with E-state index in [1.165, 1.54) is 5.56 Å². The summed E-state index contributed by atoms with van der Waals surface area (Å²) >= 11 is 0. The van der Waals surface area contributed by atoms with Crippen LogP contribution in [0.15, 0.2) is 24.3 Å². The van der Waals surface area contributed by atoms with E-state index < -0.39 is 0 Å². The smallest absolute Gasteiger partial charge is 0.308 e. The van der Waals surface area contributed by atoms with Gasteiger partial charge in [0.2, 0.25) is 0 Å². The zero-order valence-corrected chi connectivity index (χ0v) is 11.8. The number of rotatable bonds is 8. The lowest BCUT2D eigenvalue weighted by Crippen LogP contribution is -2.17. The van der Waals surface area contributed by atoms with Gasteiger partial charge >= 0.3 is 5.97 Å². The Morgan fingerprint density at radius 1 is 1.21 bits per heavy atom. The van der Waals surface area contributed by atoms with Gasteiger partial charge in [0.15, 0.2) is 6.79 Å². The van der Waals surface area contributed by atoms with Gasteiger partial charge in [-0.3, -0.25) is 4.79 Å². The van der Waals surface area contributed by atoms with Gasteiger partial charge in [0.1, 0.15) is 12.4 Å². The average Bonchev–Trinajstić information content (AvgIpc) is 2.43. The van der Waals surface area contributed by atoms with E-state index in [4.69, 9.17) is 14.2 Å². The fraction of sp³-hybridized carbons (Fsp3) is 0.533. The van der Waals surface area contributed by atoms with E-state index in [0.717, 1.165) is 12.2 Å². The standard InChI is InChI=1S/C15H22O4/c1-4-13(3)15(16)18-10-9-17-11-19-14-7-5-12(2)6-8-14/h5-8,13H,4,9-11H2,1-3H3. The molecule has 0 saturated carbocycles. The van der Waals surface area contributed by atoms with E-state index in [2.05, 4.69) is 0 Å². The number of carbonyl (C=O) groups is 1. The maximum atomic E-state index is 11.4. The van der Waals surface area contributed by atoms with Crippen molar-refractivity contribution in [2.45, 2.75) is 27.2 Å². The molecular weight excluding hydrogens is 244 g/mol. The Labute approximate surface area is 114 Å². The predicted octanol–water partition coefficient (Wildman–Crippen LogP) is 2.94. The quantitative estimate of drug-likeness (QED) is 0.412. The van der Waals surface area contributed by atoms with Crippen LogP contribution in [-0.2, 0) is 14.3 Å². The summed E-state index contributed by atoms with van der Waals surface area (Å²) in [6.45, 7) is 6.59. The van der Waals surface area contributed by atoms with Gasteiger partial charge in [-0.05, 0) is 25.5 Å². The van der Waals surface area contributed by atoms with E-state index >= 15 is 0 Å². The Morgan fingerprint density at radius 3 is 2.53 bits per heavy atom. The summed E-state index contributed by atoms with van der Waals surface area (Å²) in [5.74, 6) is 0.538. The molecule has 4 heteroatoms. The molecule has 0 aliphatic carbocycles. The third kappa shape index (κ3) is 6.25. The Bertz CT molecular complexity index is 372. The minimum atomic E-state index is -0.175. The maximum Gasteiger partial charge on any atom is 0.308 e. The number of benzene rings is 1. The molecule has 4 nitrogen and oxygen atoms in total. The highest BCUT2D eigenvalue weighted by molar-refractivity contribution is 5.71. The highest BCUT2D eigenvalue weighted by Crippen LogP contribution is 2.11. The molecule has 1 atom stereocenters. The Kier molecular flexibility index (Phi) is 6.97. The number of carbonyl (C=O) groups excluding carboxylic acids is 1. The summed E-state index contributed by atoms with van der Waals surface area (Å²) in [5.41, 5.74) is 1.19. The van der Waals surface area contributed by atoms with Crippen LogP contribution in [0.4, 0.5) is 0 Å². The fourth-order valence-electron chi connectivity index (χ4n) is 1.31. The van der Waals surface area contributed by atoms with Gasteiger partial charge in [-0.25, -0.2) is 0 Å². The first-order valence-electron chi connectivity index (χ1n) is 6.57. The predicted molar refractivity (Wildman–Crippen MR) is 73.0 cm³/mol. The number of esters is 1. The van der Waals surface area contributed by atoms with Gasteiger partial charge in [-0.2, -0.15) is 0 Å². The van der Waals surface area contributed by atoms with Gasteiger partial charge < -0.3 is 14.2 Å². The molecule has 106 valence electrons. The maximum absolute atomic E-state index is 11.4. The Morgan fingerprint density at radius 2 is 1.89 bits per heavy atom. The lowest BCUT2D eigenvalue weighted by atomic mass is 10.1. The van der Waals surface area contributed by atoms with E-state index in [1.54, 1.807) is 0 Å². The first kappa shape index (κ1) is 15.5. The molecule has 1 aromatic carbocycles. The van der Waals surface area contributed by atoms with Gasteiger partial charge in [0.05, 0.1) is 12.5 Å². The molecule has 0 N–H and O–H groups in total. The molecule has 0 saturated heterocycles. The molecule has 0 aliphatic heterocycles. The van der Waals surface area contributed by atoms with Crippen molar-refractivity contribution in [3.8, 4) is 5.75 Å². The molecule has 0 heterocycles. The van der Waals surface area contributed by atoms with Gasteiger partial charge in [0.25, 0.3) is 0 Å². The van der Waals surface area contributed by atoms with Crippen LogP contribution in [0.25, 0.3) is 0 Å². The lowest BCUT2D eigenvalue weighted by Gasteiger charge is -2.10. The number of hydrogen-bond acceptors (Lipinski definition) is 4. The third-order valence-electron chi connectivity index (χ3n) is 2.82. The monoisotopic (exact) mass is 266 g/mol. The molecule has 1 unspecified atom stereocenters. The van der Waals surface area contributed by atoms with Crippen LogP contribution in [0.2, 0.25) is 0 Å². The average molecular weight is 266 g/mol. The summed E-state index contributed by atoms with van der Waals surface area (Å²) < 4.78 is 15.6. The molecule has 0 fully saturated rings. The van der Waals surface area contributed by atoms with Crippen molar-refractivity contribution in [1.29, 1.82) is 0 Å². The van der Waals surface area contributed by atoms with Crippen molar-refractivity contribution in [2.75, 3.05) is 20.0 Å². The van der Waals surface area contributed by atoms with Crippen LogP contribution in [0.1, 0.15) is 25.8 Å². The third-order valence-corrected chi connectivity index (χ3v) is 2.82. The fourth-order valence-corrected chi connectivity index (χ4v) is 1.31. The minimum Gasteiger partial charge on any atom is -0.468 e. The molecule has 0 amide bonds. The molecule has 0 aliphatic rings. The minimum absolute atomic E-state index is 0.0520. The largest absolute Gasteiger partial charge is 0.468 e. The SMILES string of the molecule is CCC(C)C(=O)OCCOCOc1ccc(C)cc1. The van der Waals surface area contributed by atoms with Crippen molar-refractivity contribution in [1.82, 2.24) is 0 Å². The number of aryl methyl sites for hydroxylation is 1. The van der Waals surface area contributed by atoms with Gasteiger partial charge in [-0.15, -0.1) is 0 Å². The first-order chi connectivity index (χ1) is 9.13. The second-order valence-electron chi connectivity index (χ2n) is 4.46. The second-order valence-corrected chi connectivity index (χ2v) is 4.46.